The van der Waals surface area contributed by atoms with Gasteiger partial charge in [0, 0.05) is 11.6 Å². The SMILES string of the molecule is N#CC1=C(c2ccc(F)cc2)C(N)CCC1. The van der Waals surface area contributed by atoms with E-state index in [1.54, 1.807) is 12.1 Å². The maximum absolute atomic E-state index is 12.8. The average molecular weight is 216 g/mol. The van der Waals surface area contributed by atoms with Crippen molar-refractivity contribution in [2.75, 3.05) is 0 Å². The number of nitrogens with zero attached hydrogens (tertiary/aromatic N) is 1. The van der Waals surface area contributed by atoms with Gasteiger partial charge in [-0.25, -0.2) is 4.39 Å². The molecule has 1 aromatic rings. The molecule has 16 heavy (non-hydrogen) atoms. The van der Waals surface area contributed by atoms with Crippen LogP contribution in [0.2, 0.25) is 0 Å². The molecule has 82 valence electrons. The Bertz CT molecular complexity index is 454. The summed E-state index contributed by atoms with van der Waals surface area (Å²) in [4.78, 5) is 0. The molecule has 0 saturated carbocycles. The molecule has 2 rings (SSSR count). The van der Waals surface area contributed by atoms with Gasteiger partial charge < -0.3 is 5.73 Å². The number of allylic oxidation sites excluding steroid dienone is 1. The fourth-order valence-electron chi connectivity index (χ4n) is 2.14. The maximum atomic E-state index is 12.8. The van der Waals surface area contributed by atoms with Crippen molar-refractivity contribution < 1.29 is 4.39 Å². The number of hydrogen-bond donors (Lipinski definition) is 1. The lowest BCUT2D eigenvalue weighted by atomic mass is 9.84. The van der Waals surface area contributed by atoms with Gasteiger partial charge in [0.2, 0.25) is 0 Å². The summed E-state index contributed by atoms with van der Waals surface area (Å²) in [7, 11) is 0. The lowest BCUT2D eigenvalue weighted by molar-refractivity contribution is 0.626. The molecule has 0 heterocycles. The molecule has 0 fully saturated rings. The number of halogens is 1. The normalized spacial score (nSPS) is 20.7. The van der Waals surface area contributed by atoms with Crippen molar-refractivity contribution in [2.24, 2.45) is 5.73 Å². The summed E-state index contributed by atoms with van der Waals surface area (Å²) in [5, 5.41) is 9.06. The third-order valence-electron chi connectivity index (χ3n) is 2.93. The van der Waals surface area contributed by atoms with Gasteiger partial charge in [0.25, 0.3) is 0 Å². The first-order valence-electron chi connectivity index (χ1n) is 5.37. The molecule has 0 bridgehead atoms. The van der Waals surface area contributed by atoms with Crippen molar-refractivity contribution in [3.05, 3.63) is 41.2 Å². The summed E-state index contributed by atoms with van der Waals surface area (Å²) in [5.41, 5.74) is 8.50. The average Bonchev–Trinajstić information content (AvgIpc) is 2.30. The molecule has 2 N–H and O–H groups in total. The molecule has 1 aromatic carbocycles. The van der Waals surface area contributed by atoms with Crippen LogP contribution in [0.4, 0.5) is 4.39 Å². The topological polar surface area (TPSA) is 49.8 Å². The zero-order valence-corrected chi connectivity index (χ0v) is 8.91. The van der Waals surface area contributed by atoms with E-state index in [0.29, 0.717) is 0 Å². The highest BCUT2D eigenvalue weighted by Crippen LogP contribution is 2.31. The Kier molecular flexibility index (Phi) is 3.02. The summed E-state index contributed by atoms with van der Waals surface area (Å²) in [6.07, 6.45) is 2.61. The lowest BCUT2D eigenvalue weighted by Gasteiger charge is -2.23. The highest BCUT2D eigenvalue weighted by atomic mass is 19.1. The Labute approximate surface area is 94.2 Å². The molecule has 1 aliphatic carbocycles. The van der Waals surface area contributed by atoms with E-state index in [0.717, 1.165) is 36.0 Å². The highest BCUT2D eigenvalue weighted by Gasteiger charge is 2.21. The number of benzene rings is 1. The first kappa shape index (κ1) is 10.8. The third kappa shape index (κ3) is 1.98. The van der Waals surface area contributed by atoms with E-state index in [2.05, 4.69) is 6.07 Å². The Morgan fingerprint density at radius 2 is 2.00 bits per heavy atom. The smallest absolute Gasteiger partial charge is 0.123 e. The van der Waals surface area contributed by atoms with Crippen molar-refractivity contribution >= 4 is 5.57 Å². The third-order valence-corrected chi connectivity index (χ3v) is 2.93. The van der Waals surface area contributed by atoms with E-state index in [1.807, 2.05) is 0 Å². The van der Waals surface area contributed by atoms with E-state index in [1.165, 1.54) is 12.1 Å². The first-order valence-corrected chi connectivity index (χ1v) is 5.37. The molecule has 0 spiro atoms. The van der Waals surface area contributed by atoms with E-state index in [9.17, 15) is 4.39 Å². The molecule has 2 nitrogen and oxygen atoms in total. The van der Waals surface area contributed by atoms with Crippen molar-refractivity contribution in [1.82, 2.24) is 0 Å². The Morgan fingerprint density at radius 1 is 1.31 bits per heavy atom. The van der Waals surface area contributed by atoms with Crippen LogP contribution in [0.1, 0.15) is 24.8 Å². The molecule has 3 heteroatoms. The molecule has 0 aromatic heterocycles. The fraction of sp³-hybridized carbons (Fsp3) is 0.308. The van der Waals surface area contributed by atoms with Gasteiger partial charge in [-0.1, -0.05) is 12.1 Å². The second kappa shape index (κ2) is 4.46. The van der Waals surface area contributed by atoms with Gasteiger partial charge in [0.15, 0.2) is 0 Å². The quantitative estimate of drug-likeness (QED) is 0.784. The van der Waals surface area contributed by atoms with E-state index >= 15 is 0 Å². The lowest BCUT2D eigenvalue weighted by Crippen LogP contribution is -2.25. The number of nitrogens with two attached hydrogens (primary N) is 1. The highest BCUT2D eigenvalue weighted by molar-refractivity contribution is 5.75. The molecular weight excluding hydrogens is 203 g/mol. The summed E-state index contributed by atoms with van der Waals surface area (Å²) in [6, 6.07) is 8.28. The van der Waals surface area contributed by atoms with Crippen LogP contribution < -0.4 is 5.73 Å². The first-order chi connectivity index (χ1) is 7.72. The Hall–Kier alpha value is -1.66. The molecule has 1 atom stereocenters. The molecule has 0 saturated heterocycles. The zero-order chi connectivity index (χ0) is 11.5. The second-order valence-electron chi connectivity index (χ2n) is 4.01. The molecule has 0 amide bonds. The fourth-order valence-corrected chi connectivity index (χ4v) is 2.14. The summed E-state index contributed by atoms with van der Waals surface area (Å²) < 4.78 is 12.8. The minimum Gasteiger partial charge on any atom is -0.324 e. The molecular formula is C13H13FN2. The van der Waals surface area contributed by atoms with Gasteiger partial charge in [0.1, 0.15) is 5.82 Å². The standard InChI is InChI=1S/C13H13FN2/c14-11-6-4-9(5-7-11)13-10(8-15)2-1-3-12(13)16/h4-7,12H,1-3,16H2. The van der Waals surface area contributed by atoms with Gasteiger partial charge in [-0.05, 0) is 42.5 Å². The van der Waals surface area contributed by atoms with E-state index < -0.39 is 0 Å². The Balaban J connectivity index is 2.47. The molecule has 1 aliphatic rings. The molecule has 1 unspecified atom stereocenters. The van der Waals surface area contributed by atoms with E-state index in [-0.39, 0.29) is 11.9 Å². The predicted octanol–water partition coefficient (Wildman–Crippen LogP) is 2.61. The van der Waals surface area contributed by atoms with Gasteiger partial charge >= 0.3 is 0 Å². The van der Waals surface area contributed by atoms with Crippen LogP contribution in [-0.2, 0) is 0 Å². The van der Waals surface area contributed by atoms with Crippen LogP contribution in [0, 0.1) is 17.1 Å². The van der Waals surface area contributed by atoms with Crippen LogP contribution in [0.25, 0.3) is 5.57 Å². The number of nitriles is 1. The monoisotopic (exact) mass is 216 g/mol. The largest absolute Gasteiger partial charge is 0.324 e. The van der Waals surface area contributed by atoms with Gasteiger partial charge in [-0.3, -0.25) is 0 Å². The van der Waals surface area contributed by atoms with Gasteiger partial charge in [-0.2, -0.15) is 5.26 Å². The van der Waals surface area contributed by atoms with Crippen LogP contribution >= 0.6 is 0 Å². The number of hydrogen-bond acceptors (Lipinski definition) is 2. The van der Waals surface area contributed by atoms with Crippen LogP contribution in [0.5, 0.6) is 0 Å². The minimum absolute atomic E-state index is 0.103. The Morgan fingerprint density at radius 3 is 2.62 bits per heavy atom. The summed E-state index contributed by atoms with van der Waals surface area (Å²) in [6.45, 7) is 0. The van der Waals surface area contributed by atoms with Gasteiger partial charge in [-0.15, -0.1) is 0 Å². The zero-order valence-electron chi connectivity index (χ0n) is 8.91. The van der Waals surface area contributed by atoms with E-state index in [4.69, 9.17) is 11.0 Å². The summed E-state index contributed by atoms with van der Waals surface area (Å²) >= 11 is 0. The second-order valence-corrected chi connectivity index (χ2v) is 4.01. The van der Waals surface area contributed by atoms with Crippen molar-refractivity contribution in [3.8, 4) is 6.07 Å². The maximum Gasteiger partial charge on any atom is 0.123 e. The van der Waals surface area contributed by atoms with Gasteiger partial charge in [0.05, 0.1) is 6.07 Å². The minimum atomic E-state index is -0.271. The van der Waals surface area contributed by atoms with Crippen molar-refractivity contribution in [1.29, 1.82) is 5.26 Å². The summed E-state index contributed by atoms with van der Waals surface area (Å²) in [5.74, 6) is -0.271. The van der Waals surface area contributed by atoms with Crippen LogP contribution in [0.15, 0.2) is 29.8 Å². The van der Waals surface area contributed by atoms with Crippen LogP contribution in [0.3, 0.4) is 0 Å². The van der Waals surface area contributed by atoms with Crippen molar-refractivity contribution in [2.45, 2.75) is 25.3 Å². The number of rotatable bonds is 1. The molecule has 0 aliphatic heterocycles. The predicted molar refractivity (Wildman–Crippen MR) is 60.8 cm³/mol. The molecule has 0 radical (unpaired) electrons. The van der Waals surface area contributed by atoms with Crippen LogP contribution in [-0.4, -0.2) is 6.04 Å². The van der Waals surface area contributed by atoms with Crippen molar-refractivity contribution in [3.63, 3.8) is 0 Å².